The highest BCUT2D eigenvalue weighted by atomic mass is 79.9. The average molecular weight is 484 g/mol. The zero-order valence-corrected chi connectivity index (χ0v) is 18.8. The summed E-state index contributed by atoms with van der Waals surface area (Å²) in [6.45, 7) is 6.99. The fraction of sp³-hybridized carbons (Fsp3) is 0.455. The highest BCUT2D eigenvalue weighted by Gasteiger charge is 2.11. The van der Waals surface area contributed by atoms with E-state index in [1.807, 2.05) is 0 Å². The minimum absolute atomic E-state index is 0.408. The van der Waals surface area contributed by atoms with Gasteiger partial charge in [-0.05, 0) is 35.1 Å². The van der Waals surface area contributed by atoms with Crippen molar-refractivity contribution in [3.8, 4) is 11.1 Å². The highest BCUT2D eigenvalue weighted by molar-refractivity contribution is 9.09. The summed E-state index contributed by atoms with van der Waals surface area (Å²) in [4.78, 5) is 0.817. The molecular weight excluding hydrogens is 456 g/mol. The highest BCUT2D eigenvalue weighted by Crippen LogP contribution is 2.28. The second kappa shape index (κ2) is 11.9. The van der Waals surface area contributed by atoms with E-state index in [4.69, 9.17) is 9.47 Å². The van der Waals surface area contributed by atoms with E-state index in [1.54, 1.807) is 0 Å². The molecule has 0 bridgehead atoms. The van der Waals surface area contributed by atoms with Crippen molar-refractivity contribution in [2.45, 2.75) is 49.6 Å². The molecule has 0 saturated heterocycles. The van der Waals surface area contributed by atoms with Crippen molar-refractivity contribution in [1.82, 2.24) is 0 Å². The average Bonchev–Trinajstić information content (AvgIpc) is 2.68. The predicted octanol–water partition coefficient (Wildman–Crippen LogP) is 6.73. The van der Waals surface area contributed by atoms with E-state index in [0.717, 1.165) is 26.1 Å². The minimum atomic E-state index is 0.408. The lowest BCUT2D eigenvalue weighted by Crippen LogP contribution is -2.08. The first-order valence-corrected chi connectivity index (χ1v) is 11.1. The molecule has 0 fully saturated rings. The van der Waals surface area contributed by atoms with Gasteiger partial charge in [0.05, 0.1) is 26.4 Å². The number of hydrogen-bond acceptors (Lipinski definition) is 2. The quantitative estimate of drug-likeness (QED) is 0.329. The fourth-order valence-corrected chi connectivity index (χ4v) is 3.02. The van der Waals surface area contributed by atoms with E-state index in [0.29, 0.717) is 22.9 Å². The van der Waals surface area contributed by atoms with Crippen molar-refractivity contribution in [2.75, 3.05) is 13.2 Å². The first-order chi connectivity index (χ1) is 12.7. The van der Waals surface area contributed by atoms with Crippen molar-refractivity contribution >= 4 is 31.9 Å². The van der Waals surface area contributed by atoms with E-state index in [9.17, 15) is 0 Å². The van der Waals surface area contributed by atoms with E-state index in [-0.39, 0.29) is 0 Å². The number of hydrogen-bond donors (Lipinski definition) is 0. The third kappa shape index (κ3) is 6.80. The molecule has 0 aliphatic rings. The fourth-order valence-electron chi connectivity index (χ4n) is 2.65. The SMILES string of the molecule is CCC(Br)COCc1ccccc1-c1ccccc1COCC(Br)CC. The summed E-state index contributed by atoms with van der Waals surface area (Å²) in [6, 6.07) is 16.9. The largest absolute Gasteiger partial charge is 0.376 e. The zero-order chi connectivity index (χ0) is 18.8. The van der Waals surface area contributed by atoms with Gasteiger partial charge < -0.3 is 9.47 Å². The molecule has 142 valence electrons. The van der Waals surface area contributed by atoms with Gasteiger partial charge in [0.25, 0.3) is 0 Å². The van der Waals surface area contributed by atoms with E-state index >= 15 is 0 Å². The molecule has 0 aromatic heterocycles. The number of ether oxygens (including phenoxy) is 2. The Bertz CT molecular complexity index is 603. The summed E-state index contributed by atoms with van der Waals surface area (Å²) >= 11 is 7.25. The topological polar surface area (TPSA) is 18.5 Å². The molecule has 0 aliphatic carbocycles. The normalized spacial score (nSPS) is 13.5. The zero-order valence-electron chi connectivity index (χ0n) is 15.6. The van der Waals surface area contributed by atoms with Crippen LogP contribution in [-0.4, -0.2) is 22.9 Å². The van der Waals surface area contributed by atoms with Crippen LogP contribution in [0.1, 0.15) is 37.8 Å². The van der Waals surface area contributed by atoms with Gasteiger partial charge in [-0.25, -0.2) is 0 Å². The number of halogens is 2. The van der Waals surface area contributed by atoms with Gasteiger partial charge in [0.1, 0.15) is 0 Å². The van der Waals surface area contributed by atoms with Crippen LogP contribution in [0.25, 0.3) is 11.1 Å². The summed E-state index contributed by atoms with van der Waals surface area (Å²) in [5.74, 6) is 0. The summed E-state index contributed by atoms with van der Waals surface area (Å²) in [5, 5.41) is 0. The van der Waals surface area contributed by atoms with Crippen molar-refractivity contribution in [2.24, 2.45) is 0 Å². The van der Waals surface area contributed by atoms with E-state index in [1.165, 1.54) is 22.3 Å². The lowest BCUT2D eigenvalue weighted by Gasteiger charge is -2.16. The lowest BCUT2D eigenvalue weighted by atomic mass is 9.96. The number of rotatable bonds is 11. The molecular formula is C22H28Br2O2. The lowest BCUT2D eigenvalue weighted by molar-refractivity contribution is 0.121. The van der Waals surface area contributed by atoms with Gasteiger partial charge in [-0.15, -0.1) is 0 Å². The molecule has 2 aromatic rings. The maximum absolute atomic E-state index is 5.92. The Morgan fingerprint density at radius 1 is 0.692 bits per heavy atom. The smallest absolute Gasteiger partial charge is 0.0723 e. The first-order valence-electron chi connectivity index (χ1n) is 9.25. The third-order valence-corrected chi connectivity index (χ3v) is 6.15. The Morgan fingerprint density at radius 3 is 1.46 bits per heavy atom. The molecule has 2 nitrogen and oxygen atoms in total. The maximum Gasteiger partial charge on any atom is 0.0723 e. The summed E-state index contributed by atoms with van der Waals surface area (Å²) < 4.78 is 11.8. The maximum atomic E-state index is 5.92. The van der Waals surface area contributed by atoms with Crippen molar-refractivity contribution < 1.29 is 9.47 Å². The Kier molecular flexibility index (Phi) is 9.91. The number of benzene rings is 2. The predicted molar refractivity (Wildman–Crippen MR) is 117 cm³/mol. The Morgan fingerprint density at radius 2 is 1.08 bits per heavy atom. The molecule has 0 radical (unpaired) electrons. The molecule has 0 amide bonds. The summed E-state index contributed by atoms with van der Waals surface area (Å²) in [6.07, 6.45) is 2.13. The molecule has 2 rings (SSSR count). The molecule has 26 heavy (non-hydrogen) atoms. The van der Waals surface area contributed by atoms with Crippen LogP contribution >= 0.6 is 31.9 Å². The van der Waals surface area contributed by atoms with Gasteiger partial charge in [0, 0.05) is 9.65 Å². The third-order valence-electron chi connectivity index (χ3n) is 4.32. The van der Waals surface area contributed by atoms with Crippen LogP contribution in [0.2, 0.25) is 0 Å². The first kappa shape index (κ1) is 21.6. The van der Waals surface area contributed by atoms with Crippen molar-refractivity contribution in [3.05, 3.63) is 59.7 Å². The molecule has 2 aromatic carbocycles. The Hall–Kier alpha value is -0.680. The van der Waals surface area contributed by atoms with Crippen LogP contribution in [-0.2, 0) is 22.7 Å². The molecule has 2 atom stereocenters. The molecule has 4 heteroatoms. The molecule has 0 heterocycles. The minimum Gasteiger partial charge on any atom is -0.376 e. The van der Waals surface area contributed by atoms with E-state index < -0.39 is 0 Å². The van der Waals surface area contributed by atoms with Gasteiger partial charge in [0.2, 0.25) is 0 Å². The van der Waals surface area contributed by atoms with Crippen LogP contribution in [0.4, 0.5) is 0 Å². The Labute approximate surface area is 174 Å². The molecule has 0 N–H and O–H groups in total. The molecule has 2 unspecified atom stereocenters. The molecule has 0 saturated carbocycles. The van der Waals surface area contributed by atoms with Gasteiger partial charge in [0.15, 0.2) is 0 Å². The van der Waals surface area contributed by atoms with Crippen LogP contribution in [0.5, 0.6) is 0 Å². The van der Waals surface area contributed by atoms with Gasteiger partial charge in [-0.1, -0.05) is 94.2 Å². The van der Waals surface area contributed by atoms with Crippen LogP contribution in [0, 0.1) is 0 Å². The standard InChI is InChI=1S/C22H28Br2O2/c1-3-19(23)15-25-13-17-9-5-7-11-21(17)22-12-8-6-10-18(22)14-26-16-20(24)4-2/h5-12,19-20H,3-4,13-16H2,1-2H3. The van der Waals surface area contributed by atoms with Crippen LogP contribution in [0.15, 0.2) is 48.5 Å². The van der Waals surface area contributed by atoms with Gasteiger partial charge in [-0.3, -0.25) is 0 Å². The monoisotopic (exact) mass is 482 g/mol. The second-order valence-corrected chi connectivity index (χ2v) is 8.95. The van der Waals surface area contributed by atoms with Gasteiger partial charge in [-0.2, -0.15) is 0 Å². The van der Waals surface area contributed by atoms with Crippen molar-refractivity contribution in [1.29, 1.82) is 0 Å². The van der Waals surface area contributed by atoms with Gasteiger partial charge >= 0.3 is 0 Å². The van der Waals surface area contributed by atoms with Crippen molar-refractivity contribution in [3.63, 3.8) is 0 Å². The Balaban J connectivity index is 2.12. The van der Waals surface area contributed by atoms with Crippen LogP contribution in [0.3, 0.4) is 0 Å². The summed E-state index contributed by atoms with van der Waals surface area (Å²) in [7, 11) is 0. The van der Waals surface area contributed by atoms with E-state index in [2.05, 4.69) is 94.2 Å². The molecule has 0 spiro atoms. The van der Waals surface area contributed by atoms with Crippen LogP contribution < -0.4 is 0 Å². The second-order valence-electron chi connectivity index (χ2n) is 6.36. The number of alkyl halides is 2. The molecule has 0 aliphatic heterocycles. The summed E-state index contributed by atoms with van der Waals surface area (Å²) in [5.41, 5.74) is 4.87.